The van der Waals surface area contributed by atoms with Gasteiger partial charge in [-0.3, -0.25) is 14.3 Å². The number of hydrogen-bond donors (Lipinski definition) is 1. The third kappa shape index (κ3) is 5.34. The van der Waals surface area contributed by atoms with Crippen LogP contribution in [0.3, 0.4) is 0 Å². The van der Waals surface area contributed by atoms with E-state index in [0.29, 0.717) is 25.0 Å². The summed E-state index contributed by atoms with van der Waals surface area (Å²) in [4.78, 5) is 25.3. The predicted octanol–water partition coefficient (Wildman–Crippen LogP) is 3.55. The average Bonchev–Trinajstić information content (AvgIpc) is 3.45. The Kier molecular flexibility index (Phi) is 6.53. The summed E-state index contributed by atoms with van der Waals surface area (Å²) in [6.07, 6.45) is -2.53. The molecule has 154 valence electrons. The Morgan fingerprint density at radius 1 is 1.25 bits per heavy atom. The SMILES string of the molecule is CCO/C=C(\C(=O)c1ccc(C(F)(F)F)cc1NS(=O)(=O)CC)C(=O)C1CC1. The minimum absolute atomic E-state index is 0.178. The number of nitrogens with one attached hydrogen (secondary N) is 1. The normalized spacial score (nSPS) is 15.2. The van der Waals surface area contributed by atoms with Crippen molar-refractivity contribution in [2.45, 2.75) is 32.9 Å². The van der Waals surface area contributed by atoms with Crippen LogP contribution in [0.1, 0.15) is 42.6 Å². The molecule has 2 rings (SSSR count). The Morgan fingerprint density at radius 3 is 2.39 bits per heavy atom. The van der Waals surface area contributed by atoms with E-state index in [9.17, 15) is 31.2 Å². The molecular formula is C18H20F3NO5S. The lowest BCUT2D eigenvalue weighted by atomic mass is 9.96. The van der Waals surface area contributed by atoms with Crippen LogP contribution in [0.5, 0.6) is 0 Å². The van der Waals surface area contributed by atoms with Gasteiger partial charge in [0.1, 0.15) is 5.57 Å². The van der Waals surface area contributed by atoms with E-state index in [1.165, 1.54) is 6.92 Å². The third-order valence-electron chi connectivity index (χ3n) is 4.06. The first kappa shape index (κ1) is 21.9. The molecule has 0 heterocycles. The molecule has 0 spiro atoms. The van der Waals surface area contributed by atoms with E-state index in [4.69, 9.17) is 4.74 Å². The fraction of sp³-hybridized carbons (Fsp3) is 0.444. The van der Waals surface area contributed by atoms with E-state index in [1.54, 1.807) is 6.92 Å². The van der Waals surface area contributed by atoms with Crippen LogP contribution < -0.4 is 4.72 Å². The Morgan fingerprint density at radius 2 is 1.89 bits per heavy atom. The van der Waals surface area contributed by atoms with Crippen LogP contribution in [-0.4, -0.2) is 32.3 Å². The van der Waals surface area contributed by atoms with E-state index in [-0.39, 0.29) is 23.7 Å². The van der Waals surface area contributed by atoms with E-state index in [0.717, 1.165) is 12.3 Å². The smallest absolute Gasteiger partial charge is 0.416 e. The summed E-state index contributed by atoms with van der Waals surface area (Å²) >= 11 is 0. The highest BCUT2D eigenvalue weighted by Gasteiger charge is 2.37. The number of allylic oxidation sites excluding steroid dienone is 1. The number of carbonyl (C=O) groups excluding carboxylic acids is 2. The highest BCUT2D eigenvalue weighted by atomic mass is 32.2. The van der Waals surface area contributed by atoms with Gasteiger partial charge in [0.05, 0.1) is 29.9 Å². The van der Waals surface area contributed by atoms with Crippen LogP contribution in [0.15, 0.2) is 30.0 Å². The van der Waals surface area contributed by atoms with Crippen LogP contribution in [0.25, 0.3) is 0 Å². The van der Waals surface area contributed by atoms with Gasteiger partial charge in [0, 0.05) is 11.5 Å². The van der Waals surface area contributed by atoms with Crippen LogP contribution in [-0.2, 0) is 25.7 Å². The Bertz CT molecular complexity index is 902. The molecule has 0 amide bonds. The van der Waals surface area contributed by atoms with E-state index < -0.39 is 44.8 Å². The quantitative estimate of drug-likeness (QED) is 0.217. The minimum Gasteiger partial charge on any atom is -0.501 e. The fourth-order valence-corrected chi connectivity index (χ4v) is 2.99. The molecule has 1 N–H and O–H groups in total. The molecule has 0 radical (unpaired) electrons. The average molecular weight is 419 g/mol. The zero-order chi connectivity index (χ0) is 21.1. The second-order valence-corrected chi connectivity index (χ2v) is 8.23. The molecule has 0 bridgehead atoms. The summed E-state index contributed by atoms with van der Waals surface area (Å²) in [5.74, 6) is -2.10. The van der Waals surface area contributed by atoms with Gasteiger partial charge in [-0.15, -0.1) is 0 Å². The molecule has 1 aromatic carbocycles. The predicted molar refractivity (Wildman–Crippen MR) is 96.3 cm³/mol. The fourth-order valence-electron chi connectivity index (χ4n) is 2.34. The second-order valence-electron chi connectivity index (χ2n) is 6.22. The first-order valence-electron chi connectivity index (χ1n) is 8.62. The molecule has 1 aromatic rings. The van der Waals surface area contributed by atoms with Gasteiger partial charge in [-0.1, -0.05) is 0 Å². The van der Waals surface area contributed by atoms with Gasteiger partial charge >= 0.3 is 6.18 Å². The molecule has 6 nitrogen and oxygen atoms in total. The zero-order valence-electron chi connectivity index (χ0n) is 15.3. The van der Waals surface area contributed by atoms with Crippen molar-refractivity contribution in [3.8, 4) is 0 Å². The number of carbonyl (C=O) groups is 2. The molecule has 0 aromatic heterocycles. The highest BCUT2D eigenvalue weighted by Crippen LogP contribution is 2.36. The number of halogens is 3. The third-order valence-corrected chi connectivity index (χ3v) is 5.35. The lowest BCUT2D eigenvalue weighted by molar-refractivity contribution is -0.137. The molecular weight excluding hydrogens is 399 g/mol. The van der Waals surface area contributed by atoms with Gasteiger partial charge in [0.15, 0.2) is 5.78 Å². The molecule has 0 atom stereocenters. The van der Waals surface area contributed by atoms with Crippen molar-refractivity contribution in [1.82, 2.24) is 0 Å². The number of benzene rings is 1. The lowest BCUT2D eigenvalue weighted by Gasteiger charge is -2.15. The number of alkyl halides is 3. The van der Waals surface area contributed by atoms with E-state index >= 15 is 0 Å². The van der Waals surface area contributed by atoms with E-state index in [1.807, 2.05) is 4.72 Å². The van der Waals surface area contributed by atoms with Gasteiger partial charge in [0.2, 0.25) is 15.8 Å². The summed E-state index contributed by atoms with van der Waals surface area (Å²) < 4.78 is 69.9. The number of Topliss-reactive ketones (excluding diaryl/α,β-unsaturated/α-hetero) is 2. The molecule has 1 fully saturated rings. The molecule has 0 unspecified atom stereocenters. The van der Waals surface area contributed by atoms with Gasteiger partial charge < -0.3 is 4.74 Å². The maximum Gasteiger partial charge on any atom is 0.416 e. The van der Waals surface area contributed by atoms with Crippen molar-refractivity contribution in [3.63, 3.8) is 0 Å². The summed E-state index contributed by atoms with van der Waals surface area (Å²) in [7, 11) is -3.96. The Hall–Kier alpha value is -2.36. The number of rotatable bonds is 9. The molecule has 1 aliphatic carbocycles. The Labute approximate surface area is 160 Å². The first-order chi connectivity index (χ1) is 13.0. The molecule has 10 heteroatoms. The monoisotopic (exact) mass is 419 g/mol. The van der Waals surface area contributed by atoms with Crippen molar-refractivity contribution in [2.24, 2.45) is 5.92 Å². The molecule has 0 aliphatic heterocycles. The number of anilines is 1. The van der Waals surface area contributed by atoms with Crippen molar-refractivity contribution < 1.29 is 35.9 Å². The zero-order valence-corrected chi connectivity index (χ0v) is 16.1. The van der Waals surface area contributed by atoms with Crippen molar-refractivity contribution in [2.75, 3.05) is 17.1 Å². The van der Waals surface area contributed by atoms with Gasteiger partial charge in [-0.25, -0.2) is 8.42 Å². The standard InChI is InChI=1S/C18H20F3NO5S/c1-3-27-10-14(16(23)11-5-6-11)17(24)13-8-7-12(18(19,20)21)9-15(13)22-28(25,26)4-2/h7-11,22H,3-6H2,1-2H3/b14-10-. The van der Waals surface area contributed by atoms with Crippen molar-refractivity contribution in [1.29, 1.82) is 0 Å². The van der Waals surface area contributed by atoms with Gasteiger partial charge in [0.25, 0.3) is 0 Å². The number of ketones is 2. The first-order valence-corrected chi connectivity index (χ1v) is 10.3. The second kappa shape index (κ2) is 8.34. The number of sulfonamides is 1. The van der Waals surface area contributed by atoms with Gasteiger partial charge in [-0.05, 0) is 44.9 Å². The maximum atomic E-state index is 13.0. The summed E-state index contributed by atoms with van der Waals surface area (Å²) in [5, 5.41) is 0. The van der Waals surface area contributed by atoms with Crippen molar-refractivity contribution >= 4 is 27.3 Å². The van der Waals surface area contributed by atoms with Crippen molar-refractivity contribution in [3.05, 3.63) is 41.2 Å². The van der Waals surface area contributed by atoms with Crippen LogP contribution >= 0.6 is 0 Å². The van der Waals surface area contributed by atoms with E-state index in [2.05, 4.69) is 0 Å². The minimum atomic E-state index is -4.73. The Balaban J connectivity index is 2.54. The van der Waals surface area contributed by atoms with Gasteiger partial charge in [-0.2, -0.15) is 13.2 Å². The largest absolute Gasteiger partial charge is 0.501 e. The highest BCUT2D eigenvalue weighted by molar-refractivity contribution is 7.92. The lowest BCUT2D eigenvalue weighted by Crippen LogP contribution is -2.21. The molecule has 0 saturated heterocycles. The number of hydrogen-bond acceptors (Lipinski definition) is 5. The van der Waals surface area contributed by atoms with Crippen LogP contribution in [0.4, 0.5) is 18.9 Å². The molecule has 1 aliphatic rings. The van der Waals surface area contributed by atoms with Crippen LogP contribution in [0, 0.1) is 5.92 Å². The summed E-state index contributed by atoms with van der Waals surface area (Å²) in [6.45, 7) is 3.12. The van der Waals surface area contributed by atoms with Crippen LogP contribution in [0.2, 0.25) is 0 Å². The molecule has 1 saturated carbocycles. The topological polar surface area (TPSA) is 89.5 Å². The summed E-state index contributed by atoms with van der Waals surface area (Å²) in [5.41, 5.74) is -2.33. The summed E-state index contributed by atoms with van der Waals surface area (Å²) in [6, 6.07) is 2.07. The molecule has 28 heavy (non-hydrogen) atoms. The maximum absolute atomic E-state index is 13.0. The number of ether oxygens (including phenoxy) is 1.